The van der Waals surface area contributed by atoms with Crippen LogP contribution in [0.4, 0.5) is 10.1 Å². The van der Waals surface area contributed by atoms with Crippen molar-refractivity contribution in [2.45, 2.75) is 32.0 Å². The lowest BCUT2D eigenvalue weighted by molar-refractivity contribution is -0.113. The minimum Gasteiger partial charge on any atom is -0.323 e. The minimum atomic E-state index is -0.492. The highest BCUT2D eigenvalue weighted by Crippen LogP contribution is 2.22. The maximum absolute atomic E-state index is 13.8. The fourth-order valence-corrected chi connectivity index (χ4v) is 4.03. The number of carbonyl (C=O) groups is 1. The monoisotopic (exact) mass is 439 g/mol. The zero-order chi connectivity index (χ0) is 22.0. The second-order valence-corrected chi connectivity index (χ2v) is 8.53. The average Bonchev–Trinajstić information content (AvgIpc) is 3.17. The van der Waals surface area contributed by atoms with Crippen LogP contribution in [0.2, 0.25) is 0 Å². The molecule has 0 radical (unpaired) electrons. The van der Waals surface area contributed by atoms with Crippen LogP contribution < -0.4 is 10.9 Å². The van der Waals surface area contributed by atoms with Gasteiger partial charge in [-0.3, -0.25) is 18.6 Å². The molecule has 0 aliphatic carbocycles. The third-order valence-corrected chi connectivity index (χ3v) is 5.82. The first-order chi connectivity index (χ1) is 15.0. The van der Waals surface area contributed by atoms with Gasteiger partial charge in [0.05, 0.1) is 22.3 Å². The van der Waals surface area contributed by atoms with Crippen LogP contribution >= 0.6 is 11.8 Å². The van der Waals surface area contributed by atoms with Gasteiger partial charge < -0.3 is 5.32 Å². The quantitative estimate of drug-likeness (QED) is 0.441. The highest BCUT2D eigenvalue weighted by molar-refractivity contribution is 7.99. The molecule has 31 heavy (non-hydrogen) atoms. The fourth-order valence-electron chi connectivity index (χ4n) is 3.29. The number of nitrogens with one attached hydrogen (secondary N) is 1. The van der Waals surface area contributed by atoms with E-state index in [0.717, 1.165) is 6.42 Å². The predicted molar refractivity (Wildman–Crippen MR) is 120 cm³/mol. The zero-order valence-electron chi connectivity index (χ0n) is 17.2. The van der Waals surface area contributed by atoms with Crippen molar-refractivity contribution in [3.8, 4) is 0 Å². The molecule has 0 aliphatic rings. The largest absolute Gasteiger partial charge is 0.323 e. The Morgan fingerprint density at radius 1 is 1.13 bits per heavy atom. The summed E-state index contributed by atoms with van der Waals surface area (Å²) in [5.41, 5.74) is 0.711. The van der Waals surface area contributed by atoms with Crippen molar-refractivity contribution in [1.29, 1.82) is 0 Å². The van der Waals surface area contributed by atoms with Gasteiger partial charge in [-0.1, -0.05) is 49.9 Å². The number of benzene rings is 2. The van der Waals surface area contributed by atoms with Crippen LogP contribution in [0.25, 0.3) is 16.7 Å². The number of hydrogen-bond donors (Lipinski definition) is 1. The van der Waals surface area contributed by atoms with E-state index in [-0.39, 0.29) is 22.9 Å². The lowest BCUT2D eigenvalue weighted by Crippen LogP contribution is -2.24. The van der Waals surface area contributed by atoms with Crippen molar-refractivity contribution in [1.82, 2.24) is 19.2 Å². The molecule has 0 spiro atoms. The first-order valence-corrected chi connectivity index (χ1v) is 11.0. The van der Waals surface area contributed by atoms with Gasteiger partial charge in [0, 0.05) is 6.54 Å². The number of anilines is 1. The average molecular weight is 440 g/mol. The third kappa shape index (κ3) is 4.32. The van der Waals surface area contributed by atoms with E-state index in [9.17, 15) is 14.0 Å². The van der Waals surface area contributed by atoms with Crippen LogP contribution in [-0.4, -0.2) is 30.8 Å². The molecule has 0 bridgehead atoms. The lowest BCUT2D eigenvalue weighted by Gasteiger charge is -2.12. The van der Waals surface area contributed by atoms with E-state index in [1.54, 1.807) is 27.2 Å². The maximum Gasteiger partial charge on any atom is 0.262 e. The number of amides is 1. The summed E-state index contributed by atoms with van der Waals surface area (Å²) in [4.78, 5) is 25.4. The van der Waals surface area contributed by atoms with Gasteiger partial charge in [-0.15, -0.1) is 10.2 Å². The van der Waals surface area contributed by atoms with Crippen molar-refractivity contribution in [3.63, 3.8) is 0 Å². The Morgan fingerprint density at radius 3 is 2.65 bits per heavy atom. The van der Waals surface area contributed by atoms with Gasteiger partial charge in [-0.05, 0) is 36.6 Å². The smallest absolute Gasteiger partial charge is 0.262 e. The number of nitrogens with zero attached hydrogens (tertiary/aromatic N) is 4. The molecule has 0 fully saturated rings. The van der Waals surface area contributed by atoms with Crippen LogP contribution in [0.1, 0.15) is 20.3 Å². The SMILES string of the molecule is CC(C)CCn1c(=O)c2ccccc2n2c(SCC(=O)Nc3ccccc3F)nnc12. The third-order valence-electron chi connectivity index (χ3n) is 4.89. The van der Waals surface area contributed by atoms with Gasteiger partial charge in [-0.25, -0.2) is 4.39 Å². The highest BCUT2D eigenvalue weighted by Gasteiger charge is 2.18. The Kier molecular flexibility index (Phi) is 6.03. The van der Waals surface area contributed by atoms with Crippen LogP contribution in [0.15, 0.2) is 58.5 Å². The van der Waals surface area contributed by atoms with Crippen molar-refractivity contribution >= 4 is 40.0 Å². The molecule has 2 aromatic carbocycles. The number of para-hydroxylation sites is 2. The summed E-state index contributed by atoms with van der Waals surface area (Å²) in [6.45, 7) is 4.73. The van der Waals surface area contributed by atoms with Crippen LogP contribution in [-0.2, 0) is 11.3 Å². The molecule has 1 N–H and O–H groups in total. The number of aryl methyl sites for hydroxylation is 1. The van der Waals surface area contributed by atoms with Crippen molar-refractivity contribution in [3.05, 3.63) is 64.7 Å². The normalized spacial score (nSPS) is 11.5. The summed E-state index contributed by atoms with van der Waals surface area (Å²) >= 11 is 1.18. The second-order valence-electron chi connectivity index (χ2n) is 7.59. The molecule has 7 nitrogen and oxygen atoms in total. The van der Waals surface area contributed by atoms with E-state index >= 15 is 0 Å². The molecule has 160 valence electrons. The molecule has 0 atom stereocenters. The number of carbonyl (C=O) groups excluding carboxylic acids is 1. The van der Waals surface area contributed by atoms with Gasteiger partial charge >= 0.3 is 0 Å². The van der Waals surface area contributed by atoms with Gasteiger partial charge in [0.25, 0.3) is 5.56 Å². The summed E-state index contributed by atoms with van der Waals surface area (Å²) in [6, 6.07) is 13.3. The molecule has 4 aromatic rings. The minimum absolute atomic E-state index is 0.0224. The van der Waals surface area contributed by atoms with E-state index in [2.05, 4.69) is 29.4 Å². The van der Waals surface area contributed by atoms with E-state index in [0.29, 0.717) is 34.3 Å². The summed E-state index contributed by atoms with van der Waals surface area (Å²) < 4.78 is 17.2. The summed E-state index contributed by atoms with van der Waals surface area (Å²) in [5.74, 6) is 0.0473. The topological polar surface area (TPSA) is 81.3 Å². The fraction of sp³-hybridized carbons (Fsp3) is 0.273. The highest BCUT2D eigenvalue weighted by atomic mass is 32.2. The molecule has 2 aromatic heterocycles. The number of fused-ring (bicyclic) bond motifs is 3. The molecule has 0 saturated heterocycles. The molecule has 0 aliphatic heterocycles. The Labute approximate surface area is 182 Å². The second kappa shape index (κ2) is 8.89. The van der Waals surface area contributed by atoms with Crippen LogP contribution in [0.5, 0.6) is 0 Å². The molecule has 1 amide bonds. The maximum atomic E-state index is 13.8. The van der Waals surface area contributed by atoms with Gasteiger partial charge in [0.15, 0.2) is 5.16 Å². The molecule has 0 saturated carbocycles. The Hall–Kier alpha value is -3.20. The standard InChI is InChI=1S/C22H22FN5O2S/c1-14(2)11-12-27-20(30)15-7-3-6-10-18(15)28-21(27)25-26-22(28)31-13-19(29)24-17-9-5-4-8-16(17)23/h3-10,14H,11-13H2,1-2H3,(H,24,29). The van der Waals surface area contributed by atoms with E-state index in [1.807, 2.05) is 18.2 Å². The molecular weight excluding hydrogens is 417 g/mol. The molecule has 0 unspecified atom stereocenters. The van der Waals surface area contributed by atoms with Crippen molar-refractivity contribution in [2.24, 2.45) is 5.92 Å². The van der Waals surface area contributed by atoms with Crippen LogP contribution in [0, 0.1) is 11.7 Å². The number of thioether (sulfide) groups is 1. The van der Waals surface area contributed by atoms with E-state index in [4.69, 9.17) is 0 Å². The van der Waals surface area contributed by atoms with E-state index < -0.39 is 5.82 Å². The number of hydrogen-bond acceptors (Lipinski definition) is 5. The first kappa shape index (κ1) is 21.0. The van der Waals surface area contributed by atoms with Crippen molar-refractivity contribution < 1.29 is 9.18 Å². The summed E-state index contributed by atoms with van der Waals surface area (Å²) in [7, 11) is 0. The molecule has 9 heteroatoms. The van der Waals surface area contributed by atoms with Gasteiger partial charge in [0.2, 0.25) is 11.7 Å². The Balaban J connectivity index is 1.67. The zero-order valence-corrected chi connectivity index (χ0v) is 18.0. The Morgan fingerprint density at radius 2 is 1.87 bits per heavy atom. The van der Waals surface area contributed by atoms with Gasteiger partial charge in [-0.2, -0.15) is 0 Å². The summed E-state index contributed by atoms with van der Waals surface area (Å²) in [6.07, 6.45) is 0.828. The predicted octanol–water partition coefficient (Wildman–Crippen LogP) is 3.96. The Bertz CT molecular complexity index is 1310. The number of aromatic nitrogens is 4. The molecular formula is C22H22FN5O2S. The number of halogens is 1. The van der Waals surface area contributed by atoms with Crippen molar-refractivity contribution in [2.75, 3.05) is 11.1 Å². The molecule has 2 heterocycles. The molecule has 4 rings (SSSR count). The van der Waals surface area contributed by atoms with Gasteiger partial charge in [0.1, 0.15) is 5.82 Å². The number of rotatable bonds is 7. The lowest BCUT2D eigenvalue weighted by atomic mass is 10.1. The van der Waals surface area contributed by atoms with E-state index in [1.165, 1.54) is 23.9 Å². The first-order valence-electron chi connectivity index (χ1n) is 9.99. The summed E-state index contributed by atoms with van der Waals surface area (Å²) in [5, 5.41) is 12.1. The van der Waals surface area contributed by atoms with Crippen LogP contribution in [0.3, 0.4) is 0 Å².